The van der Waals surface area contributed by atoms with Crippen molar-refractivity contribution in [2.45, 2.75) is 46.6 Å². The molecule has 0 spiro atoms. The molecule has 2 amide bonds. The second-order valence-corrected chi connectivity index (χ2v) is 5.96. The van der Waals surface area contributed by atoms with Crippen molar-refractivity contribution in [2.75, 3.05) is 11.4 Å². The molecule has 1 aliphatic rings. The third kappa shape index (κ3) is 3.16. The molecule has 0 saturated carbocycles. The SMILES string of the molecule is CCC(C)CNC1CC(=O)N(c2cccc(C)c2C)C1=O. The summed E-state index contributed by atoms with van der Waals surface area (Å²) in [6, 6.07) is 5.34. The van der Waals surface area contributed by atoms with E-state index in [1.165, 1.54) is 4.90 Å². The lowest BCUT2D eigenvalue weighted by atomic mass is 10.1. The van der Waals surface area contributed by atoms with Crippen LogP contribution in [-0.4, -0.2) is 24.4 Å². The highest BCUT2D eigenvalue weighted by molar-refractivity contribution is 6.22. The van der Waals surface area contributed by atoms with E-state index in [2.05, 4.69) is 19.2 Å². The molecule has 4 heteroatoms. The smallest absolute Gasteiger partial charge is 0.251 e. The van der Waals surface area contributed by atoms with Gasteiger partial charge in [-0.05, 0) is 43.5 Å². The van der Waals surface area contributed by atoms with E-state index in [4.69, 9.17) is 0 Å². The molecular formula is C17H24N2O2. The number of anilines is 1. The van der Waals surface area contributed by atoms with Gasteiger partial charge in [0, 0.05) is 0 Å². The summed E-state index contributed by atoms with van der Waals surface area (Å²) >= 11 is 0. The Morgan fingerprint density at radius 2 is 2.05 bits per heavy atom. The molecule has 0 radical (unpaired) electrons. The van der Waals surface area contributed by atoms with E-state index < -0.39 is 0 Å². The van der Waals surface area contributed by atoms with Gasteiger partial charge < -0.3 is 5.32 Å². The molecule has 0 aliphatic carbocycles. The molecule has 1 saturated heterocycles. The van der Waals surface area contributed by atoms with E-state index in [1.807, 2.05) is 32.0 Å². The van der Waals surface area contributed by atoms with Crippen LogP contribution in [0.2, 0.25) is 0 Å². The average Bonchev–Trinajstić information content (AvgIpc) is 2.74. The Balaban J connectivity index is 2.17. The minimum absolute atomic E-state index is 0.115. The van der Waals surface area contributed by atoms with E-state index in [9.17, 15) is 9.59 Å². The summed E-state index contributed by atoms with van der Waals surface area (Å²) in [5.74, 6) is 0.259. The van der Waals surface area contributed by atoms with Gasteiger partial charge in [-0.2, -0.15) is 0 Å². The molecule has 1 heterocycles. The Bertz CT molecular complexity index is 554. The number of carbonyl (C=O) groups excluding carboxylic acids is 2. The third-order valence-corrected chi connectivity index (χ3v) is 4.37. The Morgan fingerprint density at radius 1 is 1.33 bits per heavy atom. The average molecular weight is 288 g/mol. The summed E-state index contributed by atoms with van der Waals surface area (Å²) in [5, 5.41) is 3.23. The maximum Gasteiger partial charge on any atom is 0.251 e. The summed E-state index contributed by atoms with van der Waals surface area (Å²) in [6.07, 6.45) is 1.31. The lowest BCUT2D eigenvalue weighted by Crippen LogP contribution is -2.40. The Morgan fingerprint density at radius 3 is 2.71 bits per heavy atom. The van der Waals surface area contributed by atoms with Crippen molar-refractivity contribution in [2.24, 2.45) is 5.92 Å². The minimum atomic E-state index is -0.383. The third-order valence-electron chi connectivity index (χ3n) is 4.37. The van der Waals surface area contributed by atoms with Crippen molar-refractivity contribution >= 4 is 17.5 Å². The van der Waals surface area contributed by atoms with Crippen LogP contribution in [0.25, 0.3) is 0 Å². The predicted octanol–water partition coefficient (Wildman–Crippen LogP) is 2.57. The number of imide groups is 1. The summed E-state index contributed by atoms with van der Waals surface area (Å²) in [4.78, 5) is 26.1. The molecule has 1 aromatic carbocycles. The molecule has 1 aromatic rings. The van der Waals surface area contributed by atoms with Crippen molar-refractivity contribution < 1.29 is 9.59 Å². The molecule has 1 fully saturated rings. The molecule has 21 heavy (non-hydrogen) atoms. The summed E-state index contributed by atoms with van der Waals surface area (Å²) in [6.45, 7) is 8.96. The van der Waals surface area contributed by atoms with Crippen LogP contribution in [0.15, 0.2) is 18.2 Å². The number of carbonyl (C=O) groups is 2. The van der Waals surface area contributed by atoms with Crippen LogP contribution in [0.1, 0.15) is 37.8 Å². The fourth-order valence-corrected chi connectivity index (χ4v) is 2.51. The Hall–Kier alpha value is -1.68. The number of hydrogen-bond acceptors (Lipinski definition) is 3. The van der Waals surface area contributed by atoms with E-state index in [0.717, 1.165) is 29.8 Å². The lowest BCUT2D eigenvalue weighted by molar-refractivity contribution is -0.121. The van der Waals surface area contributed by atoms with Crippen molar-refractivity contribution in [1.82, 2.24) is 5.32 Å². The Kier molecular flexibility index (Phi) is 4.78. The monoisotopic (exact) mass is 288 g/mol. The minimum Gasteiger partial charge on any atom is -0.305 e. The highest BCUT2D eigenvalue weighted by Crippen LogP contribution is 2.28. The summed E-state index contributed by atoms with van der Waals surface area (Å²) < 4.78 is 0. The van der Waals surface area contributed by atoms with Crippen LogP contribution in [0.4, 0.5) is 5.69 Å². The standard InChI is InChI=1S/C17H24N2O2/c1-5-11(2)10-18-14-9-16(20)19(17(14)21)15-8-6-7-12(3)13(15)4/h6-8,11,14,18H,5,9-10H2,1-4H3. The van der Waals surface area contributed by atoms with Gasteiger partial charge in [-0.1, -0.05) is 32.4 Å². The largest absolute Gasteiger partial charge is 0.305 e. The number of nitrogens with zero attached hydrogens (tertiary/aromatic N) is 1. The van der Waals surface area contributed by atoms with Gasteiger partial charge in [0.15, 0.2) is 0 Å². The van der Waals surface area contributed by atoms with Crippen molar-refractivity contribution in [3.05, 3.63) is 29.3 Å². The van der Waals surface area contributed by atoms with Crippen molar-refractivity contribution in [3.63, 3.8) is 0 Å². The number of rotatable bonds is 5. The van der Waals surface area contributed by atoms with Crippen LogP contribution < -0.4 is 10.2 Å². The van der Waals surface area contributed by atoms with Gasteiger partial charge in [-0.15, -0.1) is 0 Å². The normalized spacial score (nSPS) is 20.2. The predicted molar refractivity (Wildman–Crippen MR) is 84.3 cm³/mol. The van der Waals surface area contributed by atoms with Gasteiger partial charge in [-0.25, -0.2) is 4.90 Å². The maximum absolute atomic E-state index is 12.5. The highest BCUT2D eigenvalue weighted by Gasteiger charge is 2.39. The fourth-order valence-electron chi connectivity index (χ4n) is 2.51. The summed E-state index contributed by atoms with van der Waals surface area (Å²) in [5.41, 5.74) is 2.80. The first-order valence-corrected chi connectivity index (χ1v) is 7.62. The zero-order chi connectivity index (χ0) is 15.6. The number of benzene rings is 1. The van der Waals surface area contributed by atoms with Crippen molar-refractivity contribution in [3.8, 4) is 0 Å². The van der Waals surface area contributed by atoms with Crippen LogP contribution in [-0.2, 0) is 9.59 Å². The first-order chi connectivity index (χ1) is 9.95. The molecule has 2 rings (SSSR count). The molecule has 114 valence electrons. The Labute approximate surface area is 126 Å². The highest BCUT2D eigenvalue weighted by atomic mass is 16.2. The molecular weight excluding hydrogens is 264 g/mol. The van der Waals surface area contributed by atoms with Gasteiger partial charge >= 0.3 is 0 Å². The van der Waals surface area contributed by atoms with E-state index in [-0.39, 0.29) is 24.3 Å². The van der Waals surface area contributed by atoms with Crippen LogP contribution in [0.3, 0.4) is 0 Å². The molecule has 2 atom stereocenters. The number of amides is 2. The lowest BCUT2D eigenvalue weighted by Gasteiger charge is -2.19. The van der Waals surface area contributed by atoms with E-state index >= 15 is 0 Å². The zero-order valence-corrected chi connectivity index (χ0v) is 13.3. The molecule has 1 aliphatic heterocycles. The van der Waals surface area contributed by atoms with Gasteiger partial charge in [0.1, 0.15) is 0 Å². The molecule has 0 bridgehead atoms. The fraction of sp³-hybridized carbons (Fsp3) is 0.529. The summed E-state index contributed by atoms with van der Waals surface area (Å²) in [7, 11) is 0. The molecule has 4 nitrogen and oxygen atoms in total. The number of hydrogen-bond donors (Lipinski definition) is 1. The molecule has 0 aromatic heterocycles. The van der Waals surface area contributed by atoms with Gasteiger partial charge in [0.25, 0.3) is 5.91 Å². The van der Waals surface area contributed by atoms with E-state index in [1.54, 1.807) is 0 Å². The van der Waals surface area contributed by atoms with Gasteiger partial charge in [-0.3, -0.25) is 9.59 Å². The zero-order valence-electron chi connectivity index (χ0n) is 13.3. The van der Waals surface area contributed by atoms with Gasteiger partial charge in [0.05, 0.1) is 18.2 Å². The second-order valence-electron chi connectivity index (χ2n) is 5.96. The van der Waals surface area contributed by atoms with Crippen molar-refractivity contribution in [1.29, 1.82) is 0 Å². The topological polar surface area (TPSA) is 49.4 Å². The second kappa shape index (κ2) is 6.39. The van der Waals surface area contributed by atoms with E-state index in [0.29, 0.717) is 5.92 Å². The maximum atomic E-state index is 12.5. The quantitative estimate of drug-likeness (QED) is 0.847. The van der Waals surface area contributed by atoms with Crippen LogP contribution >= 0.6 is 0 Å². The molecule has 2 unspecified atom stereocenters. The number of aryl methyl sites for hydroxylation is 1. The van der Waals surface area contributed by atoms with Crippen LogP contribution in [0.5, 0.6) is 0 Å². The van der Waals surface area contributed by atoms with Crippen LogP contribution in [0, 0.1) is 19.8 Å². The first-order valence-electron chi connectivity index (χ1n) is 7.62. The van der Waals surface area contributed by atoms with Gasteiger partial charge in [0.2, 0.25) is 5.91 Å². The number of nitrogens with one attached hydrogen (secondary N) is 1. The molecule has 1 N–H and O–H groups in total. The first kappa shape index (κ1) is 15.7.